The first-order chi connectivity index (χ1) is 14.8. The Morgan fingerprint density at radius 2 is 2.03 bits per heavy atom. The molecule has 4 rings (SSSR count). The first-order valence-corrected chi connectivity index (χ1v) is 10.4. The predicted octanol–water partition coefficient (Wildman–Crippen LogP) is 2.57. The van der Waals surface area contributed by atoms with Crippen molar-refractivity contribution in [2.45, 2.75) is 45.7 Å². The number of rotatable bonds is 6. The maximum Gasteiger partial charge on any atom is 0.329 e. The van der Waals surface area contributed by atoms with E-state index in [0.29, 0.717) is 18.8 Å². The van der Waals surface area contributed by atoms with Gasteiger partial charge in [0.2, 0.25) is 0 Å². The molecule has 2 aromatic heterocycles. The average Bonchev–Trinajstić information content (AvgIpc) is 3.58. The summed E-state index contributed by atoms with van der Waals surface area (Å²) >= 11 is 0. The number of pyridine rings is 1. The second kappa shape index (κ2) is 8.02. The monoisotopic (exact) mass is 422 g/mol. The van der Waals surface area contributed by atoms with Crippen molar-refractivity contribution in [1.82, 2.24) is 19.4 Å². The number of hydrogen-bond donors (Lipinski definition) is 1. The molecule has 162 valence electrons. The summed E-state index contributed by atoms with van der Waals surface area (Å²) in [6.45, 7) is 4.45. The number of aryl methyl sites for hydroxylation is 2. The Morgan fingerprint density at radius 3 is 2.68 bits per heavy atom. The topological polar surface area (TPSA) is 97.3 Å². The maximum atomic E-state index is 13.5. The highest BCUT2D eigenvalue weighted by molar-refractivity contribution is 6.05. The Morgan fingerprint density at radius 1 is 1.29 bits per heavy atom. The Labute approximate surface area is 179 Å². The number of carbonyl (C=O) groups is 1. The number of nitrogens with zero attached hydrogens (tertiary/aromatic N) is 3. The Balaban J connectivity index is 1.83. The highest BCUT2D eigenvalue weighted by Gasteiger charge is 2.29. The minimum Gasteiger partial charge on any atom is -0.496 e. The molecule has 0 saturated heterocycles. The van der Waals surface area contributed by atoms with Crippen LogP contribution >= 0.6 is 0 Å². The fraction of sp³-hybridized carbons (Fsp3) is 0.391. The third kappa shape index (κ3) is 3.85. The zero-order valence-corrected chi connectivity index (χ0v) is 18.2. The van der Waals surface area contributed by atoms with Gasteiger partial charge in [0, 0.05) is 37.3 Å². The van der Waals surface area contributed by atoms with Crippen LogP contribution in [0.15, 0.2) is 33.9 Å². The Hall–Kier alpha value is -3.42. The molecule has 1 fully saturated rings. The minimum atomic E-state index is -0.593. The van der Waals surface area contributed by atoms with E-state index in [9.17, 15) is 14.4 Å². The number of aromatic nitrogens is 3. The van der Waals surface area contributed by atoms with Crippen LogP contribution in [-0.4, -0.2) is 39.5 Å². The lowest BCUT2D eigenvalue weighted by Gasteiger charge is -2.21. The van der Waals surface area contributed by atoms with Gasteiger partial charge in [-0.1, -0.05) is 17.7 Å². The molecule has 0 radical (unpaired) electrons. The predicted molar refractivity (Wildman–Crippen MR) is 118 cm³/mol. The molecular formula is C23H26N4O4. The summed E-state index contributed by atoms with van der Waals surface area (Å²) in [5.74, 6) is 0.656. The zero-order chi connectivity index (χ0) is 22.3. The van der Waals surface area contributed by atoms with Gasteiger partial charge in [0.25, 0.3) is 11.5 Å². The van der Waals surface area contributed by atoms with E-state index in [1.807, 2.05) is 32.0 Å². The molecular weight excluding hydrogens is 396 g/mol. The molecule has 0 unspecified atom stereocenters. The van der Waals surface area contributed by atoms with E-state index >= 15 is 0 Å². The molecule has 1 N–H and O–H groups in total. The van der Waals surface area contributed by atoms with Gasteiger partial charge >= 0.3 is 5.69 Å². The van der Waals surface area contributed by atoms with Crippen LogP contribution in [0.4, 0.5) is 0 Å². The van der Waals surface area contributed by atoms with Crippen molar-refractivity contribution in [3.05, 3.63) is 67.5 Å². The van der Waals surface area contributed by atoms with E-state index in [4.69, 9.17) is 4.74 Å². The van der Waals surface area contributed by atoms with Crippen LogP contribution < -0.4 is 16.0 Å². The van der Waals surface area contributed by atoms with Crippen LogP contribution in [0.2, 0.25) is 0 Å². The number of aromatic amines is 1. The molecule has 1 saturated carbocycles. The van der Waals surface area contributed by atoms with Crippen molar-refractivity contribution in [3.8, 4) is 5.75 Å². The molecule has 1 aliphatic carbocycles. The molecule has 1 aliphatic rings. The third-order valence-corrected chi connectivity index (χ3v) is 5.70. The Kier molecular flexibility index (Phi) is 5.39. The van der Waals surface area contributed by atoms with Crippen LogP contribution in [0.3, 0.4) is 0 Å². The SMILES string of the molecule is CCn1c(=O)[nH]c(=O)c2c(C(=O)N(C)Cc3cc(C)ccc3OC)cc(C3CC3)nc21. The lowest BCUT2D eigenvalue weighted by molar-refractivity contribution is 0.0785. The number of fused-ring (bicyclic) bond motifs is 1. The minimum absolute atomic E-state index is 0.152. The number of benzene rings is 1. The van der Waals surface area contributed by atoms with E-state index in [-0.39, 0.29) is 28.4 Å². The quantitative estimate of drug-likeness (QED) is 0.659. The van der Waals surface area contributed by atoms with Crippen molar-refractivity contribution in [1.29, 1.82) is 0 Å². The lowest BCUT2D eigenvalue weighted by Crippen LogP contribution is -2.33. The summed E-state index contributed by atoms with van der Waals surface area (Å²) in [6.07, 6.45) is 1.98. The van der Waals surface area contributed by atoms with Crippen molar-refractivity contribution >= 4 is 16.9 Å². The number of amides is 1. The number of H-pyrrole nitrogens is 1. The van der Waals surface area contributed by atoms with Gasteiger partial charge in [-0.2, -0.15) is 0 Å². The van der Waals surface area contributed by atoms with Crippen LogP contribution in [0, 0.1) is 6.92 Å². The molecule has 3 aromatic rings. The standard InChI is InChI=1S/C23H26N4O4/c1-5-27-20-19(21(28)25-23(27)30)16(11-17(24-20)14-7-8-14)22(29)26(3)12-15-10-13(2)6-9-18(15)31-4/h6,9-11,14H,5,7-8,12H2,1-4H3,(H,25,28,30). The number of hydrogen-bond acceptors (Lipinski definition) is 5. The molecule has 1 amide bonds. The maximum absolute atomic E-state index is 13.5. The van der Waals surface area contributed by atoms with E-state index in [0.717, 1.165) is 29.7 Å². The molecule has 8 heteroatoms. The highest BCUT2D eigenvalue weighted by Crippen LogP contribution is 2.40. The smallest absolute Gasteiger partial charge is 0.329 e. The fourth-order valence-corrected chi connectivity index (χ4v) is 3.91. The van der Waals surface area contributed by atoms with Gasteiger partial charge in [-0.15, -0.1) is 0 Å². The Bertz CT molecular complexity index is 1290. The van der Waals surface area contributed by atoms with Gasteiger partial charge in [-0.05, 0) is 38.8 Å². The number of nitrogens with one attached hydrogen (secondary N) is 1. The van der Waals surface area contributed by atoms with Gasteiger partial charge in [0.15, 0.2) is 5.65 Å². The molecule has 0 bridgehead atoms. The summed E-state index contributed by atoms with van der Waals surface area (Å²) < 4.78 is 6.84. The molecule has 0 atom stereocenters. The number of carbonyl (C=O) groups excluding carboxylic acids is 1. The van der Waals surface area contributed by atoms with Crippen LogP contribution in [0.5, 0.6) is 5.75 Å². The van der Waals surface area contributed by atoms with Crippen molar-refractivity contribution in [2.24, 2.45) is 0 Å². The summed E-state index contributed by atoms with van der Waals surface area (Å²) in [7, 11) is 3.29. The van der Waals surface area contributed by atoms with Gasteiger partial charge in [0.05, 0.1) is 18.1 Å². The van der Waals surface area contributed by atoms with Crippen LogP contribution in [0.1, 0.15) is 52.9 Å². The van der Waals surface area contributed by atoms with Gasteiger partial charge in [-0.3, -0.25) is 19.1 Å². The third-order valence-electron chi connectivity index (χ3n) is 5.70. The molecule has 2 heterocycles. The summed E-state index contributed by atoms with van der Waals surface area (Å²) in [5.41, 5.74) is 2.12. The summed E-state index contributed by atoms with van der Waals surface area (Å²) in [6, 6.07) is 7.52. The van der Waals surface area contributed by atoms with Crippen molar-refractivity contribution in [3.63, 3.8) is 0 Å². The second-order valence-electron chi connectivity index (χ2n) is 8.05. The van der Waals surface area contributed by atoms with Gasteiger partial charge in [0.1, 0.15) is 5.75 Å². The van der Waals surface area contributed by atoms with Crippen LogP contribution in [-0.2, 0) is 13.1 Å². The average molecular weight is 422 g/mol. The molecule has 31 heavy (non-hydrogen) atoms. The van der Waals surface area contributed by atoms with Crippen molar-refractivity contribution in [2.75, 3.05) is 14.2 Å². The van der Waals surface area contributed by atoms with Gasteiger partial charge in [-0.25, -0.2) is 9.78 Å². The molecule has 8 nitrogen and oxygen atoms in total. The lowest BCUT2D eigenvalue weighted by atomic mass is 10.1. The van der Waals surface area contributed by atoms with E-state index < -0.39 is 11.2 Å². The normalized spacial score (nSPS) is 13.4. The van der Waals surface area contributed by atoms with E-state index in [1.165, 1.54) is 4.57 Å². The largest absolute Gasteiger partial charge is 0.496 e. The zero-order valence-electron chi connectivity index (χ0n) is 18.2. The summed E-state index contributed by atoms with van der Waals surface area (Å²) in [4.78, 5) is 47.0. The number of ether oxygens (including phenoxy) is 1. The van der Waals surface area contributed by atoms with E-state index in [2.05, 4.69) is 9.97 Å². The van der Waals surface area contributed by atoms with Crippen LogP contribution in [0.25, 0.3) is 11.0 Å². The molecule has 1 aromatic carbocycles. The first-order valence-electron chi connectivity index (χ1n) is 10.4. The molecule has 0 aliphatic heterocycles. The summed E-state index contributed by atoms with van der Waals surface area (Å²) in [5, 5.41) is 0.152. The van der Waals surface area contributed by atoms with Gasteiger partial charge < -0.3 is 9.64 Å². The second-order valence-corrected chi connectivity index (χ2v) is 8.05. The fourth-order valence-electron chi connectivity index (χ4n) is 3.91. The first kappa shape index (κ1) is 20.8. The highest BCUT2D eigenvalue weighted by atomic mass is 16.5. The molecule has 0 spiro atoms. The van der Waals surface area contributed by atoms with E-state index in [1.54, 1.807) is 25.1 Å². The number of methoxy groups -OCH3 is 1. The van der Waals surface area contributed by atoms with Crippen molar-refractivity contribution < 1.29 is 9.53 Å².